The highest BCUT2D eigenvalue weighted by atomic mass is 16.7. The number of hydrogen-bond acceptors (Lipinski definition) is 3. The van der Waals surface area contributed by atoms with Gasteiger partial charge in [-0.2, -0.15) is 0 Å². The zero-order valence-electron chi connectivity index (χ0n) is 7.93. The maximum atomic E-state index is 11.2. The first-order valence-corrected chi connectivity index (χ1v) is 4.39. The Bertz CT molecular complexity index is 372. The molecular formula is C11H11NO2. The van der Waals surface area contributed by atoms with Crippen molar-refractivity contribution < 1.29 is 9.63 Å². The molecule has 2 rings (SSSR count). The van der Waals surface area contributed by atoms with E-state index in [2.05, 4.69) is 6.58 Å². The Morgan fingerprint density at radius 3 is 2.50 bits per heavy atom. The standard InChI is InChI=1S/C11H11NO2/c1-8-10(12(2)14-11(8)13)9-6-4-3-5-7-9/h3-7,10H,1H2,2H3. The second-order valence-electron chi connectivity index (χ2n) is 3.26. The number of hydrogen-bond donors (Lipinski definition) is 0. The Balaban J connectivity index is 2.36. The van der Waals surface area contributed by atoms with E-state index >= 15 is 0 Å². The summed E-state index contributed by atoms with van der Waals surface area (Å²) in [6.45, 7) is 3.73. The molecule has 3 nitrogen and oxygen atoms in total. The van der Waals surface area contributed by atoms with Crippen LogP contribution in [0.5, 0.6) is 0 Å². The number of nitrogens with zero attached hydrogens (tertiary/aromatic N) is 1. The van der Waals surface area contributed by atoms with Gasteiger partial charge in [0.2, 0.25) is 0 Å². The van der Waals surface area contributed by atoms with Gasteiger partial charge in [-0.1, -0.05) is 36.9 Å². The van der Waals surface area contributed by atoms with Crippen LogP contribution in [0.3, 0.4) is 0 Å². The van der Waals surface area contributed by atoms with Gasteiger partial charge >= 0.3 is 5.97 Å². The predicted octanol–water partition coefficient (Wildman–Crippen LogP) is 1.69. The smallest absolute Gasteiger partial charge is 0.354 e. The quantitative estimate of drug-likeness (QED) is 0.629. The Kier molecular flexibility index (Phi) is 2.09. The number of benzene rings is 1. The van der Waals surface area contributed by atoms with Gasteiger partial charge in [-0.3, -0.25) is 0 Å². The van der Waals surface area contributed by atoms with Gasteiger partial charge in [-0.15, -0.1) is 5.06 Å². The summed E-state index contributed by atoms with van der Waals surface area (Å²) in [7, 11) is 1.73. The molecule has 0 aliphatic carbocycles. The molecule has 0 bridgehead atoms. The minimum Gasteiger partial charge on any atom is -0.363 e. The molecule has 14 heavy (non-hydrogen) atoms. The van der Waals surface area contributed by atoms with Crippen molar-refractivity contribution in [2.45, 2.75) is 6.04 Å². The van der Waals surface area contributed by atoms with Crippen molar-refractivity contribution in [1.82, 2.24) is 5.06 Å². The molecule has 1 aliphatic rings. The molecule has 1 aromatic carbocycles. The zero-order valence-corrected chi connectivity index (χ0v) is 7.93. The van der Waals surface area contributed by atoms with Crippen LogP contribution < -0.4 is 0 Å². The third-order valence-electron chi connectivity index (χ3n) is 2.30. The summed E-state index contributed by atoms with van der Waals surface area (Å²) in [6.07, 6.45) is 0. The molecule has 0 N–H and O–H groups in total. The lowest BCUT2D eigenvalue weighted by Gasteiger charge is -2.15. The average Bonchev–Trinajstić information content (AvgIpc) is 2.43. The van der Waals surface area contributed by atoms with E-state index in [1.165, 1.54) is 5.06 Å². The summed E-state index contributed by atoms with van der Waals surface area (Å²) in [5, 5.41) is 1.53. The van der Waals surface area contributed by atoms with E-state index in [9.17, 15) is 4.79 Å². The third-order valence-corrected chi connectivity index (χ3v) is 2.30. The highest BCUT2D eigenvalue weighted by molar-refractivity contribution is 5.91. The minimum absolute atomic E-state index is 0.149. The van der Waals surface area contributed by atoms with E-state index in [0.29, 0.717) is 5.57 Å². The van der Waals surface area contributed by atoms with Gasteiger partial charge < -0.3 is 4.84 Å². The second kappa shape index (κ2) is 3.27. The van der Waals surface area contributed by atoms with Crippen LogP contribution in [-0.4, -0.2) is 18.1 Å². The summed E-state index contributed by atoms with van der Waals surface area (Å²) < 4.78 is 0. The van der Waals surface area contributed by atoms with Gasteiger partial charge in [0, 0.05) is 7.05 Å². The summed E-state index contributed by atoms with van der Waals surface area (Å²) in [6, 6.07) is 9.55. The van der Waals surface area contributed by atoms with Crippen LogP contribution in [0.4, 0.5) is 0 Å². The lowest BCUT2D eigenvalue weighted by Crippen LogP contribution is -2.16. The van der Waals surface area contributed by atoms with E-state index in [1.54, 1.807) is 7.05 Å². The highest BCUT2D eigenvalue weighted by Gasteiger charge is 2.35. The Morgan fingerprint density at radius 2 is 2.00 bits per heavy atom. The first-order chi connectivity index (χ1) is 6.70. The average molecular weight is 189 g/mol. The maximum Gasteiger partial charge on any atom is 0.354 e. The van der Waals surface area contributed by atoms with Gasteiger partial charge in [0.15, 0.2) is 0 Å². The summed E-state index contributed by atoms with van der Waals surface area (Å²) in [4.78, 5) is 16.1. The minimum atomic E-state index is -0.346. The molecule has 72 valence electrons. The monoisotopic (exact) mass is 189 g/mol. The Labute approximate surface area is 82.5 Å². The molecule has 1 aromatic rings. The van der Waals surface area contributed by atoms with Gasteiger partial charge in [0.25, 0.3) is 0 Å². The molecule has 1 heterocycles. The number of carbonyl (C=O) groups is 1. The maximum absolute atomic E-state index is 11.2. The fourth-order valence-electron chi connectivity index (χ4n) is 1.62. The fourth-order valence-corrected chi connectivity index (χ4v) is 1.62. The van der Waals surface area contributed by atoms with Gasteiger partial charge in [0.05, 0.1) is 5.57 Å². The molecule has 0 amide bonds. The fraction of sp³-hybridized carbons (Fsp3) is 0.182. The number of carbonyl (C=O) groups excluding carboxylic acids is 1. The summed E-state index contributed by atoms with van der Waals surface area (Å²) in [5.41, 5.74) is 1.50. The van der Waals surface area contributed by atoms with Crippen LogP contribution in [0, 0.1) is 0 Å². The molecule has 1 aliphatic heterocycles. The molecule has 0 radical (unpaired) electrons. The lowest BCUT2D eigenvalue weighted by molar-refractivity contribution is -0.168. The van der Waals surface area contributed by atoms with Crippen molar-refractivity contribution in [3.8, 4) is 0 Å². The Morgan fingerprint density at radius 1 is 1.36 bits per heavy atom. The third kappa shape index (κ3) is 1.32. The molecule has 0 aromatic heterocycles. The van der Waals surface area contributed by atoms with Crippen molar-refractivity contribution in [2.75, 3.05) is 7.05 Å². The van der Waals surface area contributed by atoms with Crippen LogP contribution in [0.2, 0.25) is 0 Å². The molecule has 1 atom stereocenters. The molecule has 0 spiro atoms. The van der Waals surface area contributed by atoms with Crippen molar-refractivity contribution in [1.29, 1.82) is 0 Å². The molecule has 1 saturated heterocycles. The van der Waals surface area contributed by atoms with Crippen LogP contribution in [0.25, 0.3) is 0 Å². The predicted molar refractivity (Wildman–Crippen MR) is 52.2 cm³/mol. The Hall–Kier alpha value is -1.61. The van der Waals surface area contributed by atoms with Crippen LogP contribution in [0.15, 0.2) is 42.5 Å². The normalized spacial score (nSPS) is 22.5. The van der Waals surface area contributed by atoms with Crippen molar-refractivity contribution in [3.05, 3.63) is 48.0 Å². The molecule has 1 fully saturated rings. The first kappa shape index (κ1) is 8.97. The highest BCUT2D eigenvalue weighted by Crippen LogP contribution is 2.32. The number of rotatable bonds is 1. The lowest BCUT2D eigenvalue weighted by atomic mass is 10.0. The largest absolute Gasteiger partial charge is 0.363 e. The second-order valence-corrected chi connectivity index (χ2v) is 3.26. The van der Waals surface area contributed by atoms with E-state index in [-0.39, 0.29) is 12.0 Å². The van der Waals surface area contributed by atoms with E-state index in [1.807, 2.05) is 30.3 Å². The van der Waals surface area contributed by atoms with E-state index < -0.39 is 0 Å². The van der Waals surface area contributed by atoms with E-state index in [4.69, 9.17) is 4.84 Å². The first-order valence-electron chi connectivity index (χ1n) is 4.39. The van der Waals surface area contributed by atoms with Crippen LogP contribution in [-0.2, 0) is 9.63 Å². The van der Waals surface area contributed by atoms with Crippen LogP contribution >= 0.6 is 0 Å². The molecule has 3 heteroatoms. The van der Waals surface area contributed by atoms with Crippen LogP contribution in [0.1, 0.15) is 11.6 Å². The summed E-state index contributed by atoms with van der Waals surface area (Å²) in [5.74, 6) is -0.346. The van der Waals surface area contributed by atoms with E-state index in [0.717, 1.165) is 5.56 Å². The van der Waals surface area contributed by atoms with Crippen molar-refractivity contribution in [3.63, 3.8) is 0 Å². The van der Waals surface area contributed by atoms with Gasteiger partial charge in [-0.25, -0.2) is 4.79 Å². The van der Waals surface area contributed by atoms with Crippen molar-refractivity contribution in [2.24, 2.45) is 0 Å². The number of likely N-dealkylation sites (N-methyl/N-ethyl adjacent to an activating group) is 1. The topological polar surface area (TPSA) is 29.5 Å². The molecule has 0 saturated carbocycles. The molecule has 1 unspecified atom stereocenters. The van der Waals surface area contributed by atoms with Gasteiger partial charge in [0.1, 0.15) is 6.04 Å². The molecular weight excluding hydrogens is 178 g/mol. The van der Waals surface area contributed by atoms with Crippen molar-refractivity contribution >= 4 is 5.97 Å². The number of hydroxylamine groups is 2. The SMILES string of the molecule is C=C1C(=O)ON(C)C1c1ccccc1. The summed E-state index contributed by atoms with van der Waals surface area (Å²) >= 11 is 0. The zero-order chi connectivity index (χ0) is 10.1. The van der Waals surface area contributed by atoms with Gasteiger partial charge in [-0.05, 0) is 5.56 Å².